The normalized spacial score (nSPS) is 23.9. The molecule has 0 fully saturated rings. The number of allylic oxidation sites excluding steroid dienone is 5. The number of hydrogen-bond donors (Lipinski definition) is 0. The van der Waals surface area contributed by atoms with Crippen molar-refractivity contribution < 1.29 is 0 Å². The van der Waals surface area contributed by atoms with Gasteiger partial charge in [-0.3, -0.25) is 0 Å². The fourth-order valence-corrected chi connectivity index (χ4v) is 4.38. The average molecular weight is 364 g/mol. The van der Waals surface area contributed by atoms with E-state index in [2.05, 4.69) is 62.2 Å². The molecule has 0 saturated heterocycles. The van der Waals surface area contributed by atoms with Crippen molar-refractivity contribution in [2.45, 2.75) is 25.2 Å². The zero-order valence-electron chi connectivity index (χ0n) is 9.84. The van der Waals surface area contributed by atoms with E-state index in [-0.39, 0.29) is 0 Å². The summed E-state index contributed by atoms with van der Waals surface area (Å²) in [6.45, 7) is 0. The molecule has 0 radical (unpaired) electrons. The summed E-state index contributed by atoms with van der Waals surface area (Å²) >= 11 is 7.47. The lowest BCUT2D eigenvalue weighted by Crippen LogP contribution is -2.15. The lowest BCUT2D eigenvalue weighted by molar-refractivity contribution is 0.827. The van der Waals surface area contributed by atoms with Gasteiger partial charge in [0.15, 0.2) is 0 Å². The molecule has 1 aromatic carbocycles. The third kappa shape index (κ3) is 1.42. The third-order valence-electron chi connectivity index (χ3n) is 4.18. The molecule has 0 saturated carbocycles. The third-order valence-corrected chi connectivity index (χ3v) is 5.76. The topological polar surface area (TPSA) is 0 Å². The zero-order chi connectivity index (χ0) is 12.3. The van der Waals surface area contributed by atoms with Crippen LogP contribution >= 0.6 is 31.9 Å². The molecule has 0 N–H and O–H groups in total. The first-order valence-electron chi connectivity index (χ1n) is 6.34. The number of hydrogen-bond acceptors (Lipinski definition) is 0. The summed E-state index contributed by atoms with van der Waals surface area (Å²) in [5, 5.41) is 0. The molecule has 2 heteroatoms. The van der Waals surface area contributed by atoms with Crippen molar-refractivity contribution in [2.24, 2.45) is 0 Å². The van der Waals surface area contributed by atoms with Gasteiger partial charge in [-0.2, -0.15) is 0 Å². The molecular weight excluding hydrogens is 352 g/mol. The van der Waals surface area contributed by atoms with Crippen molar-refractivity contribution in [1.82, 2.24) is 0 Å². The molecule has 90 valence electrons. The van der Waals surface area contributed by atoms with E-state index in [0.29, 0.717) is 5.92 Å². The highest BCUT2D eigenvalue weighted by molar-refractivity contribution is 9.15. The van der Waals surface area contributed by atoms with Crippen LogP contribution in [0.15, 0.2) is 34.8 Å². The molecule has 18 heavy (non-hydrogen) atoms. The van der Waals surface area contributed by atoms with E-state index in [9.17, 15) is 0 Å². The Hall–Kier alpha value is -0.600. The predicted molar refractivity (Wildman–Crippen MR) is 84.0 cm³/mol. The van der Waals surface area contributed by atoms with Crippen molar-refractivity contribution >= 4 is 41.9 Å². The predicted octanol–water partition coefficient (Wildman–Crippen LogP) is 5.53. The smallest absolute Gasteiger partial charge is 0.0211 e. The van der Waals surface area contributed by atoms with Crippen molar-refractivity contribution in [2.75, 3.05) is 0 Å². The minimum Gasteiger partial charge on any atom is -0.0760 e. The first-order chi connectivity index (χ1) is 8.75. The first kappa shape index (κ1) is 11.2. The summed E-state index contributed by atoms with van der Waals surface area (Å²) in [5.41, 5.74) is 7.35. The second-order valence-electron chi connectivity index (χ2n) is 5.13. The second-order valence-corrected chi connectivity index (χ2v) is 6.94. The van der Waals surface area contributed by atoms with Gasteiger partial charge in [0, 0.05) is 14.9 Å². The highest BCUT2D eigenvalue weighted by Gasteiger charge is 2.30. The lowest BCUT2D eigenvalue weighted by atomic mass is 9.74. The summed E-state index contributed by atoms with van der Waals surface area (Å²) in [6.07, 6.45) is 10.4. The van der Waals surface area contributed by atoms with Crippen molar-refractivity contribution in [3.63, 3.8) is 0 Å². The van der Waals surface area contributed by atoms with Gasteiger partial charge in [0.2, 0.25) is 0 Å². The van der Waals surface area contributed by atoms with E-state index in [4.69, 9.17) is 0 Å². The maximum absolute atomic E-state index is 3.75. The van der Waals surface area contributed by atoms with Gasteiger partial charge in [-0.1, -0.05) is 62.2 Å². The molecule has 3 aliphatic carbocycles. The fourth-order valence-electron chi connectivity index (χ4n) is 3.32. The van der Waals surface area contributed by atoms with Crippen LogP contribution in [0.2, 0.25) is 0 Å². The summed E-state index contributed by atoms with van der Waals surface area (Å²) in [7, 11) is 0. The number of rotatable bonds is 0. The van der Waals surface area contributed by atoms with E-state index in [1.54, 1.807) is 0 Å². The van der Waals surface area contributed by atoms with Gasteiger partial charge in [0.25, 0.3) is 0 Å². The van der Waals surface area contributed by atoms with E-state index < -0.39 is 0 Å². The van der Waals surface area contributed by atoms with Crippen LogP contribution in [-0.4, -0.2) is 0 Å². The summed E-state index contributed by atoms with van der Waals surface area (Å²) in [5.74, 6) is 0.568. The lowest BCUT2D eigenvalue weighted by Gasteiger charge is -2.32. The molecule has 0 heterocycles. The Bertz CT molecular complexity index is 647. The van der Waals surface area contributed by atoms with E-state index in [1.807, 2.05) is 0 Å². The molecule has 1 aromatic rings. The van der Waals surface area contributed by atoms with Gasteiger partial charge in [-0.25, -0.2) is 0 Å². The molecule has 1 atom stereocenters. The highest BCUT2D eigenvalue weighted by Crippen LogP contribution is 2.49. The number of benzene rings is 1. The van der Waals surface area contributed by atoms with Crippen LogP contribution in [0.25, 0.3) is 10.1 Å². The number of halogens is 2. The first-order valence-corrected chi connectivity index (χ1v) is 7.93. The Labute approximate surface area is 124 Å². The minimum absolute atomic E-state index is 0.568. The van der Waals surface area contributed by atoms with Crippen LogP contribution in [0, 0.1) is 0 Å². The Balaban J connectivity index is 2.11. The molecule has 0 nitrogen and oxygen atoms in total. The van der Waals surface area contributed by atoms with E-state index in [1.165, 1.54) is 36.8 Å². The van der Waals surface area contributed by atoms with E-state index >= 15 is 0 Å². The monoisotopic (exact) mass is 362 g/mol. The van der Waals surface area contributed by atoms with Crippen LogP contribution in [0.5, 0.6) is 0 Å². The Morgan fingerprint density at radius 2 is 2.00 bits per heavy atom. The van der Waals surface area contributed by atoms with Crippen LogP contribution < -0.4 is 0 Å². The fraction of sp³-hybridized carbons (Fsp3) is 0.250. The molecule has 0 spiro atoms. The maximum atomic E-state index is 3.75. The van der Waals surface area contributed by atoms with Gasteiger partial charge in [0.05, 0.1) is 0 Å². The Kier molecular flexibility index (Phi) is 2.46. The van der Waals surface area contributed by atoms with Crippen molar-refractivity contribution in [3.05, 3.63) is 57.1 Å². The molecule has 1 unspecified atom stereocenters. The molecule has 0 aliphatic heterocycles. The second kappa shape index (κ2) is 3.94. The van der Waals surface area contributed by atoms with Crippen LogP contribution in [0.3, 0.4) is 0 Å². The van der Waals surface area contributed by atoms with Crippen LogP contribution in [0.4, 0.5) is 0 Å². The Morgan fingerprint density at radius 1 is 1.11 bits per heavy atom. The quantitative estimate of drug-likeness (QED) is 0.568. The SMILES string of the molecule is BrC1=CCC2C=CC3=C(Br)CCc4ccc1c2c43. The van der Waals surface area contributed by atoms with Gasteiger partial charge >= 0.3 is 0 Å². The van der Waals surface area contributed by atoms with Crippen molar-refractivity contribution in [3.8, 4) is 0 Å². The largest absolute Gasteiger partial charge is 0.0760 e. The van der Waals surface area contributed by atoms with Gasteiger partial charge in [-0.05, 0) is 47.1 Å². The molecule has 4 rings (SSSR count). The standard InChI is InChI=1S/C16H12Br2/c17-13-8-4-10-2-6-12-14(18)7-3-9-1-5-11(13)16(10)15(9)12/h1-2,5-7,9H,3-4,8H2. The Morgan fingerprint density at radius 3 is 2.89 bits per heavy atom. The summed E-state index contributed by atoms with van der Waals surface area (Å²) in [4.78, 5) is 0. The van der Waals surface area contributed by atoms with Gasteiger partial charge in [-0.15, -0.1) is 0 Å². The van der Waals surface area contributed by atoms with Gasteiger partial charge in [0.1, 0.15) is 0 Å². The van der Waals surface area contributed by atoms with E-state index in [0.717, 1.165) is 19.3 Å². The molecule has 0 amide bonds. The molecule has 0 aromatic heterocycles. The summed E-state index contributed by atoms with van der Waals surface area (Å²) in [6, 6.07) is 4.60. The minimum atomic E-state index is 0.568. The molecule has 3 aliphatic rings. The summed E-state index contributed by atoms with van der Waals surface area (Å²) < 4.78 is 2.62. The average Bonchev–Trinajstić information content (AvgIpc) is 2.40. The van der Waals surface area contributed by atoms with Gasteiger partial charge < -0.3 is 0 Å². The van der Waals surface area contributed by atoms with Crippen molar-refractivity contribution in [1.29, 1.82) is 0 Å². The number of aryl methyl sites for hydroxylation is 1. The van der Waals surface area contributed by atoms with Crippen LogP contribution in [0.1, 0.15) is 41.0 Å². The highest BCUT2D eigenvalue weighted by atomic mass is 79.9. The van der Waals surface area contributed by atoms with Crippen LogP contribution in [-0.2, 0) is 6.42 Å². The molecular formula is C16H12Br2. The maximum Gasteiger partial charge on any atom is 0.0211 e. The molecule has 0 bridgehead atoms. The zero-order valence-corrected chi connectivity index (χ0v) is 13.0.